The van der Waals surface area contributed by atoms with Crippen LogP contribution in [0.2, 0.25) is 0 Å². The van der Waals surface area contributed by atoms with Crippen LogP contribution in [0.4, 0.5) is 0 Å². The molecule has 0 unspecified atom stereocenters. The zero-order valence-corrected chi connectivity index (χ0v) is 10.2. The van der Waals surface area contributed by atoms with E-state index in [2.05, 4.69) is 0 Å². The van der Waals surface area contributed by atoms with Gasteiger partial charge in [0.05, 0.1) is 0 Å². The van der Waals surface area contributed by atoms with Gasteiger partial charge in [0.2, 0.25) is 0 Å². The SMILES string of the molecule is Cl[PH]1(Cl)OCC2(COPOC2)CO1. The third-order valence-corrected chi connectivity index (χ3v) is 4.76. The molecule has 4 nitrogen and oxygen atoms in total. The normalized spacial score (nSPS) is 43.5. The van der Waals surface area contributed by atoms with Crippen LogP contribution in [0.5, 0.6) is 0 Å². The van der Waals surface area contributed by atoms with Gasteiger partial charge in [0.15, 0.2) is 0 Å². The maximum atomic E-state index is 5.75. The molecule has 8 heteroatoms. The van der Waals surface area contributed by atoms with Gasteiger partial charge in [-0.2, -0.15) is 0 Å². The van der Waals surface area contributed by atoms with Crippen molar-refractivity contribution in [1.29, 1.82) is 0 Å². The first kappa shape index (κ1) is 10.8. The predicted octanol–water partition coefficient (Wildman–Crippen LogP) is 2.46. The molecule has 0 aromatic heterocycles. The molecule has 2 saturated heterocycles. The molecule has 0 aliphatic carbocycles. The van der Waals surface area contributed by atoms with Crippen molar-refractivity contribution in [2.75, 3.05) is 26.4 Å². The Balaban J connectivity index is 1.95. The van der Waals surface area contributed by atoms with Crippen molar-refractivity contribution in [3.63, 3.8) is 0 Å². The van der Waals surface area contributed by atoms with E-state index in [1.54, 1.807) is 0 Å². The molecule has 2 rings (SSSR count). The number of rotatable bonds is 0. The monoisotopic (exact) mass is 266 g/mol. The molecule has 0 bridgehead atoms. The zero-order valence-electron chi connectivity index (χ0n) is 6.72. The van der Waals surface area contributed by atoms with Gasteiger partial charge in [-0.15, -0.1) is 0 Å². The Kier molecular flexibility index (Phi) is 3.35. The van der Waals surface area contributed by atoms with Gasteiger partial charge >= 0.3 is 87.9 Å². The van der Waals surface area contributed by atoms with E-state index in [0.29, 0.717) is 26.4 Å². The van der Waals surface area contributed by atoms with Gasteiger partial charge in [-0.1, -0.05) is 0 Å². The van der Waals surface area contributed by atoms with Crippen LogP contribution in [-0.4, -0.2) is 26.4 Å². The molecule has 0 radical (unpaired) electrons. The van der Waals surface area contributed by atoms with Crippen LogP contribution in [0.1, 0.15) is 0 Å². The summed E-state index contributed by atoms with van der Waals surface area (Å²) in [5.41, 5.74) is -0.203. The minimum atomic E-state index is -2.86. The molecule has 2 aliphatic heterocycles. The summed E-state index contributed by atoms with van der Waals surface area (Å²) in [6.45, 7) is 2.08. The Bertz CT molecular complexity index is 185. The average molecular weight is 267 g/mol. The van der Waals surface area contributed by atoms with E-state index in [4.69, 9.17) is 40.6 Å². The van der Waals surface area contributed by atoms with Crippen molar-refractivity contribution in [3.8, 4) is 0 Å². The topological polar surface area (TPSA) is 36.9 Å². The van der Waals surface area contributed by atoms with Crippen molar-refractivity contribution in [3.05, 3.63) is 0 Å². The summed E-state index contributed by atoms with van der Waals surface area (Å²) in [5.74, 6) is 0. The van der Waals surface area contributed by atoms with Crippen molar-refractivity contribution < 1.29 is 18.1 Å². The first-order chi connectivity index (χ1) is 6.12. The molecule has 0 saturated carbocycles. The van der Waals surface area contributed by atoms with Crippen molar-refractivity contribution in [2.24, 2.45) is 5.41 Å². The first-order valence-corrected chi connectivity index (χ1v) is 8.42. The van der Waals surface area contributed by atoms with Crippen molar-refractivity contribution in [2.45, 2.75) is 0 Å². The summed E-state index contributed by atoms with van der Waals surface area (Å²) in [6.07, 6.45) is -2.86. The number of hydrogen-bond acceptors (Lipinski definition) is 4. The van der Waals surface area contributed by atoms with E-state index in [0.717, 1.165) is 0 Å². The molecule has 78 valence electrons. The Morgan fingerprint density at radius 2 is 1.54 bits per heavy atom. The Morgan fingerprint density at radius 3 is 2.08 bits per heavy atom. The molecule has 0 amide bonds. The van der Waals surface area contributed by atoms with E-state index in [1.807, 2.05) is 0 Å². The van der Waals surface area contributed by atoms with E-state index in [-0.39, 0.29) is 14.4 Å². The second-order valence-electron chi connectivity index (χ2n) is 3.20. The quantitative estimate of drug-likeness (QED) is 0.632. The van der Waals surface area contributed by atoms with Crippen molar-refractivity contribution >= 4 is 37.9 Å². The van der Waals surface area contributed by atoms with Gasteiger partial charge in [-0.05, 0) is 0 Å². The van der Waals surface area contributed by atoms with Gasteiger partial charge in [0.1, 0.15) is 0 Å². The van der Waals surface area contributed by atoms with Crippen LogP contribution in [-0.2, 0) is 18.1 Å². The van der Waals surface area contributed by atoms with Gasteiger partial charge in [0, 0.05) is 0 Å². The van der Waals surface area contributed by atoms with Gasteiger partial charge in [0.25, 0.3) is 0 Å². The van der Waals surface area contributed by atoms with Crippen LogP contribution < -0.4 is 0 Å². The Labute approximate surface area is 88.2 Å². The molecule has 13 heavy (non-hydrogen) atoms. The number of hydrogen-bond donors (Lipinski definition) is 0. The van der Waals surface area contributed by atoms with E-state index in [1.165, 1.54) is 0 Å². The van der Waals surface area contributed by atoms with Crippen LogP contribution in [0.25, 0.3) is 0 Å². The summed E-state index contributed by atoms with van der Waals surface area (Å²) in [6, 6.07) is 0. The molecule has 2 fully saturated rings. The first-order valence-electron chi connectivity index (χ1n) is 3.76. The van der Waals surface area contributed by atoms with Crippen LogP contribution in [0.3, 0.4) is 0 Å². The third-order valence-electron chi connectivity index (χ3n) is 1.97. The second kappa shape index (κ2) is 4.03. The molecule has 0 atom stereocenters. The fraction of sp³-hybridized carbons (Fsp3) is 1.00. The summed E-state index contributed by atoms with van der Waals surface area (Å²) in [4.78, 5) is 0. The van der Waals surface area contributed by atoms with E-state index in [9.17, 15) is 0 Å². The zero-order chi connectivity index (χ0) is 9.36. The molecule has 2 aliphatic rings. The Morgan fingerprint density at radius 1 is 1.00 bits per heavy atom. The van der Waals surface area contributed by atoms with Crippen LogP contribution in [0.15, 0.2) is 0 Å². The fourth-order valence-electron chi connectivity index (χ4n) is 1.17. The van der Waals surface area contributed by atoms with E-state index >= 15 is 0 Å². The summed E-state index contributed by atoms with van der Waals surface area (Å²) in [5, 5.41) is 0. The predicted molar refractivity (Wildman–Crippen MR) is 54.6 cm³/mol. The summed E-state index contributed by atoms with van der Waals surface area (Å²) in [7, 11) is 0.120. The minimum absolute atomic E-state index is 0.120. The molecule has 0 aromatic rings. The standard InChI is InChI=1S/C5H10Cl2O4P2/c6-13(7)10-3-5(4-11-13)1-8-12-9-2-5/h12-13H,1-4H2. The Hall–Kier alpha value is 1.28. The molecule has 0 aromatic carbocycles. The second-order valence-corrected chi connectivity index (χ2v) is 9.02. The molecular formula is C5H10Cl2O4P2. The maximum absolute atomic E-state index is 5.75. The summed E-state index contributed by atoms with van der Waals surface area (Å²) >= 11 is 11.5. The van der Waals surface area contributed by atoms with Gasteiger partial charge in [-0.25, -0.2) is 0 Å². The van der Waals surface area contributed by atoms with E-state index < -0.39 is 6.42 Å². The molecular weight excluding hydrogens is 257 g/mol. The molecule has 1 spiro atoms. The summed E-state index contributed by atoms with van der Waals surface area (Å²) < 4.78 is 20.9. The van der Waals surface area contributed by atoms with Crippen LogP contribution >= 0.6 is 37.9 Å². The molecule has 0 N–H and O–H groups in total. The van der Waals surface area contributed by atoms with Crippen molar-refractivity contribution in [1.82, 2.24) is 0 Å². The van der Waals surface area contributed by atoms with Crippen LogP contribution in [0, 0.1) is 5.41 Å². The van der Waals surface area contributed by atoms with Gasteiger partial charge in [-0.3, -0.25) is 0 Å². The molecule has 2 heterocycles. The fourth-order valence-corrected chi connectivity index (χ4v) is 3.67. The third kappa shape index (κ3) is 2.64. The average Bonchev–Trinajstić information content (AvgIpc) is 2.13. The van der Waals surface area contributed by atoms with Gasteiger partial charge < -0.3 is 0 Å². The number of halogens is 2.